The molecule has 4 rings (SSSR count). The van der Waals surface area contributed by atoms with Crippen molar-refractivity contribution in [2.75, 3.05) is 0 Å². The van der Waals surface area contributed by atoms with Crippen LogP contribution in [0.15, 0.2) is 108 Å². The number of hydrogen-bond acceptors (Lipinski definition) is 3. The van der Waals surface area contributed by atoms with Crippen molar-refractivity contribution < 1.29 is 17.7 Å². The molecule has 0 heterocycles. The summed E-state index contributed by atoms with van der Waals surface area (Å²) in [4.78, 5) is -0.0802. The van der Waals surface area contributed by atoms with E-state index in [9.17, 15) is 13.0 Å². The van der Waals surface area contributed by atoms with E-state index in [1.807, 2.05) is 24.3 Å². The zero-order valence-corrected chi connectivity index (χ0v) is 20.6. The van der Waals surface area contributed by atoms with Gasteiger partial charge in [0.1, 0.15) is 12.4 Å². The van der Waals surface area contributed by atoms with Gasteiger partial charge < -0.3 is 4.74 Å². The fraction of sp³-hybridized carbons (Fsp3) is 0.200. The Morgan fingerprint density at radius 2 is 1.46 bits per heavy atom. The Morgan fingerprint density at radius 3 is 2.11 bits per heavy atom. The molecule has 1 unspecified atom stereocenters. The molecular formula is C30H30O4S. The summed E-state index contributed by atoms with van der Waals surface area (Å²) in [6.45, 7) is 2.61. The Bertz CT molecular complexity index is 1330. The van der Waals surface area contributed by atoms with E-state index in [-0.39, 0.29) is 10.8 Å². The molecule has 0 spiro atoms. The molecule has 0 aliphatic rings. The van der Waals surface area contributed by atoms with E-state index in [2.05, 4.69) is 61.5 Å². The van der Waals surface area contributed by atoms with E-state index in [1.165, 1.54) is 28.8 Å². The molecule has 0 aliphatic heterocycles. The highest BCUT2D eigenvalue weighted by Gasteiger charge is 2.19. The van der Waals surface area contributed by atoms with Crippen molar-refractivity contribution in [2.45, 2.75) is 43.6 Å². The highest BCUT2D eigenvalue weighted by molar-refractivity contribution is 7.85. The van der Waals surface area contributed by atoms with Gasteiger partial charge in [-0.15, -0.1) is 0 Å². The maximum Gasteiger partial charge on any atom is 0.294 e. The molecule has 0 fully saturated rings. The first-order chi connectivity index (χ1) is 16.9. The second-order valence-corrected chi connectivity index (χ2v) is 10.2. The summed E-state index contributed by atoms with van der Waals surface area (Å²) in [5.74, 6) is 1.06. The maximum atomic E-state index is 11.3. The van der Waals surface area contributed by atoms with Crippen LogP contribution in [-0.4, -0.2) is 13.0 Å². The highest BCUT2D eigenvalue weighted by Crippen LogP contribution is 2.37. The van der Waals surface area contributed by atoms with E-state index in [4.69, 9.17) is 4.74 Å². The monoisotopic (exact) mass is 486 g/mol. The zero-order valence-electron chi connectivity index (χ0n) is 19.8. The summed E-state index contributed by atoms with van der Waals surface area (Å²) in [5, 5.41) is 0. The van der Waals surface area contributed by atoms with Gasteiger partial charge in [0.05, 0.1) is 4.90 Å². The standard InChI is InChI=1S/C30H30O4S/c1-23-15-20-30(34-22-25-9-4-2-5-10-25)29(21-23)28(26-12-6-3-7-13-26)14-8-11-24-16-18-27(19-17-24)35(31,32)33/h2-7,9-10,12-13,15-21,28H,8,11,14,22H2,1H3,(H,31,32,33). The average molecular weight is 487 g/mol. The quantitative estimate of drug-likeness (QED) is 0.246. The normalized spacial score (nSPS) is 12.3. The molecule has 0 aliphatic carbocycles. The topological polar surface area (TPSA) is 63.6 Å². The van der Waals surface area contributed by atoms with Crippen LogP contribution in [0.5, 0.6) is 5.75 Å². The van der Waals surface area contributed by atoms with Crippen molar-refractivity contribution >= 4 is 10.1 Å². The summed E-state index contributed by atoms with van der Waals surface area (Å²) in [6.07, 6.45) is 2.63. The molecule has 4 nitrogen and oxygen atoms in total. The van der Waals surface area contributed by atoms with Gasteiger partial charge in [0, 0.05) is 11.5 Å². The second kappa shape index (κ2) is 11.3. The van der Waals surface area contributed by atoms with Crippen molar-refractivity contribution in [1.29, 1.82) is 0 Å². The summed E-state index contributed by atoms with van der Waals surface area (Å²) in [7, 11) is -4.17. The van der Waals surface area contributed by atoms with Crippen LogP contribution < -0.4 is 4.74 Å². The van der Waals surface area contributed by atoms with Crippen LogP contribution in [0.4, 0.5) is 0 Å². The third kappa shape index (κ3) is 6.81. The van der Waals surface area contributed by atoms with Crippen LogP contribution in [0, 0.1) is 6.92 Å². The third-order valence-corrected chi connectivity index (χ3v) is 7.03. The molecule has 180 valence electrons. The smallest absolute Gasteiger partial charge is 0.294 e. The molecule has 0 amide bonds. The Hall–Kier alpha value is -3.41. The van der Waals surface area contributed by atoms with Gasteiger partial charge in [0.2, 0.25) is 0 Å². The van der Waals surface area contributed by atoms with E-state index in [1.54, 1.807) is 12.1 Å². The van der Waals surface area contributed by atoms with Gasteiger partial charge in [-0.05, 0) is 61.1 Å². The second-order valence-electron chi connectivity index (χ2n) is 8.79. The van der Waals surface area contributed by atoms with Crippen molar-refractivity contribution in [3.63, 3.8) is 0 Å². The van der Waals surface area contributed by atoms with E-state index < -0.39 is 10.1 Å². The molecule has 0 saturated heterocycles. The lowest BCUT2D eigenvalue weighted by molar-refractivity contribution is 0.301. The van der Waals surface area contributed by atoms with Crippen molar-refractivity contribution in [1.82, 2.24) is 0 Å². The lowest BCUT2D eigenvalue weighted by Crippen LogP contribution is -2.07. The molecule has 0 aromatic heterocycles. The van der Waals surface area contributed by atoms with Gasteiger partial charge in [0.15, 0.2) is 0 Å². The van der Waals surface area contributed by atoms with Gasteiger partial charge in [-0.1, -0.05) is 90.5 Å². The number of rotatable bonds is 10. The van der Waals surface area contributed by atoms with Crippen LogP contribution in [0.2, 0.25) is 0 Å². The molecule has 1 N–H and O–H groups in total. The van der Waals surface area contributed by atoms with Crippen molar-refractivity contribution in [3.8, 4) is 5.75 Å². The van der Waals surface area contributed by atoms with Gasteiger partial charge in [-0.25, -0.2) is 0 Å². The molecule has 4 aromatic carbocycles. The molecule has 0 saturated carbocycles. The number of ether oxygens (including phenoxy) is 1. The molecular weight excluding hydrogens is 456 g/mol. The minimum atomic E-state index is -4.17. The first-order valence-corrected chi connectivity index (χ1v) is 13.2. The Labute approximate surface area is 208 Å². The summed E-state index contributed by atoms with van der Waals surface area (Å²) < 4.78 is 38.1. The lowest BCUT2D eigenvalue weighted by atomic mass is 9.85. The summed E-state index contributed by atoms with van der Waals surface area (Å²) in [6, 6.07) is 33.5. The molecule has 0 radical (unpaired) electrons. The molecule has 5 heteroatoms. The van der Waals surface area contributed by atoms with Gasteiger partial charge >= 0.3 is 0 Å². The fourth-order valence-electron chi connectivity index (χ4n) is 4.33. The Balaban J connectivity index is 1.55. The Kier molecular flexibility index (Phi) is 8.01. The largest absolute Gasteiger partial charge is 0.489 e. The van der Waals surface area contributed by atoms with Crippen molar-refractivity contribution in [3.05, 3.63) is 131 Å². The molecule has 35 heavy (non-hydrogen) atoms. The summed E-state index contributed by atoms with van der Waals surface area (Å²) >= 11 is 0. The van der Waals surface area contributed by atoms with Crippen LogP contribution >= 0.6 is 0 Å². The maximum absolute atomic E-state index is 11.3. The average Bonchev–Trinajstić information content (AvgIpc) is 2.87. The fourth-order valence-corrected chi connectivity index (χ4v) is 4.81. The third-order valence-electron chi connectivity index (χ3n) is 6.16. The molecule has 4 aromatic rings. The molecule has 0 bridgehead atoms. The lowest BCUT2D eigenvalue weighted by Gasteiger charge is -2.22. The minimum Gasteiger partial charge on any atom is -0.489 e. The Morgan fingerprint density at radius 1 is 0.800 bits per heavy atom. The summed E-state index contributed by atoms with van der Waals surface area (Å²) in [5.41, 5.74) is 5.77. The minimum absolute atomic E-state index is 0.0802. The van der Waals surface area contributed by atoms with Crippen LogP contribution in [0.3, 0.4) is 0 Å². The van der Waals surface area contributed by atoms with Gasteiger partial charge in [-0.2, -0.15) is 8.42 Å². The van der Waals surface area contributed by atoms with Crippen molar-refractivity contribution in [2.24, 2.45) is 0 Å². The first-order valence-electron chi connectivity index (χ1n) is 11.8. The van der Waals surface area contributed by atoms with Gasteiger partial charge in [0.25, 0.3) is 10.1 Å². The number of hydrogen-bond donors (Lipinski definition) is 1. The number of aryl methyl sites for hydroxylation is 2. The van der Waals surface area contributed by atoms with E-state index in [0.717, 1.165) is 36.1 Å². The van der Waals surface area contributed by atoms with Gasteiger partial charge in [-0.3, -0.25) is 4.55 Å². The predicted octanol–water partition coefficient (Wildman–Crippen LogP) is 6.98. The predicted molar refractivity (Wildman–Crippen MR) is 139 cm³/mol. The van der Waals surface area contributed by atoms with E-state index in [0.29, 0.717) is 6.61 Å². The number of benzene rings is 4. The zero-order chi connectivity index (χ0) is 24.7. The highest BCUT2D eigenvalue weighted by atomic mass is 32.2. The van der Waals surface area contributed by atoms with Crippen LogP contribution in [0.1, 0.15) is 46.6 Å². The molecule has 1 atom stereocenters. The first kappa shape index (κ1) is 24.7. The van der Waals surface area contributed by atoms with Crippen LogP contribution in [-0.2, 0) is 23.1 Å². The van der Waals surface area contributed by atoms with Crippen LogP contribution in [0.25, 0.3) is 0 Å². The SMILES string of the molecule is Cc1ccc(OCc2ccccc2)c(C(CCCc2ccc(S(=O)(=O)O)cc2)c2ccccc2)c1. The van der Waals surface area contributed by atoms with E-state index >= 15 is 0 Å².